The number of hydrogen-bond donors (Lipinski definition) is 11. The summed E-state index contributed by atoms with van der Waals surface area (Å²) >= 11 is 0. The van der Waals surface area contributed by atoms with Gasteiger partial charge in [0.15, 0.2) is 11.9 Å². The van der Waals surface area contributed by atoms with Crippen LogP contribution in [0.1, 0.15) is 44.7 Å². The van der Waals surface area contributed by atoms with E-state index in [0.717, 1.165) is 6.92 Å². The summed E-state index contributed by atoms with van der Waals surface area (Å²) in [5.41, 5.74) is -1.51. The second kappa shape index (κ2) is 23.0. The molecule has 2 aromatic carbocycles. The third-order valence-corrected chi connectivity index (χ3v) is 10.8. The minimum absolute atomic E-state index is 0.119. The van der Waals surface area contributed by atoms with E-state index in [1.165, 1.54) is 48.5 Å². The van der Waals surface area contributed by atoms with Crippen LogP contribution in [0.5, 0.6) is 11.5 Å². The standard InChI is InChI=1S/C42H58O23/c1-19(2)12-42(65-40-37(55)34(52)31(49)27(64-40)18-57-20(3)45,41(56)59-17-22-6-10-24(11-7-22)61-39-36(54)33(51)30(48)26(15-44)63-39)13-28(46)58-16-21-4-8-23(9-5-21)60-38-35(53)32(50)29(47)25(14-43)62-38/h4-11,19,25-27,29-40,43-44,47-55H,12-18H2,1-3H3/t25-,26-,27-,29-,30-,31-,32+,33+,34+,35-,36-,37-,38-,39-,40+,42?/m1/s1. The molecule has 0 radical (unpaired) electrons. The molecule has 364 valence electrons. The number of ether oxygens (including phenoxy) is 9. The van der Waals surface area contributed by atoms with Gasteiger partial charge in [-0.15, -0.1) is 0 Å². The van der Waals surface area contributed by atoms with Crippen molar-refractivity contribution in [2.75, 3.05) is 19.8 Å². The zero-order chi connectivity index (χ0) is 47.7. The Kier molecular flexibility index (Phi) is 18.4. The van der Waals surface area contributed by atoms with Gasteiger partial charge >= 0.3 is 17.9 Å². The zero-order valence-electron chi connectivity index (χ0n) is 35.6. The molecule has 3 fully saturated rings. The molecule has 0 spiro atoms. The van der Waals surface area contributed by atoms with Crippen LogP contribution in [0.3, 0.4) is 0 Å². The van der Waals surface area contributed by atoms with Gasteiger partial charge in [0.1, 0.15) is 105 Å². The first-order chi connectivity index (χ1) is 30.8. The van der Waals surface area contributed by atoms with Crippen LogP contribution < -0.4 is 9.47 Å². The van der Waals surface area contributed by atoms with Crippen LogP contribution in [0, 0.1) is 5.92 Å². The summed E-state index contributed by atoms with van der Waals surface area (Å²) in [4.78, 5) is 39.5. The van der Waals surface area contributed by atoms with Crippen LogP contribution in [-0.2, 0) is 60.8 Å². The number of hydrogen-bond acceptors (Lipinski definition) is 23. The van der Waals surface area contributed by atoms with Gasteiger partial charge in [-0.1, -0.05) is 38.1 Å². The maximum atomic E-state index is 14.3. The molecule has 3 heterocycles. The van der Waals surface area contributed by atoms with E-state index in [1.54, 1.807) is 13.8 Å². The van der Waals surface area contributed by atoms with Crippen LogP contribution in [0.4, 0.5) is 0 Å². The lowest BCUT2D eigenvalue weighted by Crippen LogP contribution is -2.62. The van der Waals surface area contributed by atoms with Crippen molar-refractivity contribution in [2.24, 2.45) is 5.92 Å². The number of aliphatic hydroxyl groups is 11. The Hall–Kier alpha value is -4.15. The smallest absolute Gasteiger partial charge is 0.339 e. The second-order valence-corrected chi connectivity index (χ2v) is 16.4. The largest absolute Gasteiger partial charge is 0.463 e. The van der Waals surface area contributed by atoms with Crippen molar-refractivity contribution in [3.8, 4) is 11.5 Å². The first-order valence-corrected chi connectivity index (χ1v) is 20.7. The molecule has 0 amide bonds. The lowest BCUT2D eigenvalue weighted by molar-refractivity contribution is -0.327. The van der Waals surface area contributed by atoms with Gasteiger partial charge in [-0.05, 0) is 47.7 Å². The molecular formula is C42H58O23. The highest BCUT2D eigenvalue weighted by molar-refractivity contribution is 5.86. The first kappa shape index (κ1) is 51.8. The maximum absolute atomic E-state index is 14.3. The number of esters is 3. The molecule has 16 atom stereocenters. The van der Waals surface area contributed by atoms with Crippen molar-refractivity contribution in [3.05, 3.63) is 59.7 Å². The summed E-state index contributed by atoms with van der Waals surface area (Å²) in [5.74, 6) is -3.04. The van der Waals surface area contributed by atoms with Crippen molar-refractivity contribution in [1.82, 2.24) is 0 Å². The van der Waals surface area contributed by atoms with Gasteiger partial charge in [0.2, 0.25) is 12.6 Å². The molecule has 23 heteroatoms. The van der Waals surface area contributed by atoms with Gasteiger partial charge in [-0.2, -0.15) is 0 Å². The van der Waals surface area contributed by atoms with E-state index in [2.05, 4.69) is 0 Å². The lowest BCUT2D eigenvalue weighted by atomic mass is 9.88. The van der Waals surface area contributed by atoms with Gasteiger partial charge in [0.25, 0.3) is 0 Å². The van der Waals surface area contributed by atoms with Gasteiger partial charge < -0.3 is 98.8 Å². The number of rotatable bonds is 19. The third-order valence-electron chi connectivity index (χ3n) is 10.8. The van der Waals surface area contributed by atoms with Crippen molar-refractivity contribution >= 4 is 17.9 Å². The number of carbonyl (C=O) groups is 3. The lowest BCUT2D eigenvalue weighted by Gasteiger charge is -2.43. The molecule has 3 saturated heterocycles. The predicted molar refractivity (Wildman–Crippen MR) is 212 cm³/mol. The Bertz CT molecular complexity index is 1830. The molecule has 2 aromatic rings. The zero-order valence-corrected chi connectivity index (χ0v) is 35.6. The summed E-state index contributed by atoms with van der Waals surface area (Å²) in [6.45, 7) is 1.79. The molecule has 65 heavy (non-hydrogen) atoms. The molecular weight excluding hydrogens is 872 g/mol. The summed E-state index contributed by atoms with van der Waals surface area (Å²) in [6, 6.07) is 11.6. The SMILES string of the molecule is CC(=O)OC[C@H]1O[C@@H](OC(CC(=O)OCc2ccc(O[C@@H]3O[C@H](CO)[C@@H](O)[C@H](O)[C@H]3O)cc2)(CC(C)C)C(=O)OCc2ccc(O[C@@H]3O[C@H](CO)[C@@H](O)[C@H](O)[C@H]3O)cc2)[C@H](O)[C@@H](O)[C@@H]1O. The molecule has 0 bridgehead atoms. The van der Waals surface area contributed by atoms with Gasteiger partial charge in [0.05, 0.1) is 19.6 Å². The Morgan fingerprint density at radius 1 is 0.569 bits per heavy atom. The van der Waals surface area contributed by atoms with E-state index in [9.17, 15) is 70.6 Å². The van der Waals surface area contributed by atoms with E-state index in [0.29, 0.717) is 11.1 Å². The highest BCUT2D eigenvalue weighted by atomic mass is 16.7. The van der Waals surface area contributed by atoms with E-state index < -0.39 is 154 Å². The monoisotopic (exact) mass is 930 g/mol. The van der Waals surface area contributed by atoms with Crippen molar-refractivity contribution in [2.45, 2.75) is 145 Å². The fourth-order valence-electron chi connectivity index (χ4n) is 7.25. The fraction of sp³-hybridized carbons (Fsp3) is 0.643. The minimum atomic E-state index is -2.29. The van der Waals surface area contributed by atoms with E-state index in [1.807, 2.05) is 0 Å². The minimum Gasteiger partial charge on any atom is -0.463 e. The average molecular weight is 931 g/mol. The average Bonchev–Trinajstić information content (AvgIpc) is 3.28. The van der Waals surface area contributed by atoms with Crippen molar-refractivity contribution in [3.63, 3.8) is 0 Å². The quantitative estimate of drug-likeness (QED) is 0.0479. The van der Waals surface area contributed by atoms with Crippen LogP contribution in [0.15, 0.2) is 48.5 Å². The van der Waals surface area contributed by atoms with Crippen LogP contribution in [0.2, 0.25) is 0 Å². The number of benzene rings is 2. The van der Waals surface area contributed by atoms with Gasteiger partial charge in [-0.3, -0.25) is 9.59 Å². The highest BCUT2D eigenvalue weighted by Crippen LogP contribution is 2.35. The van der Waals surface area contributed by atoms with Crippen molar-refractivity contribution < 1.29 is 113 Å². The third kappa shape index (κ3) is 13.1. The highest BCUT2D eigenvalue weighted by Gasteiger charge is 2.53. The second-order valence-electron chi connectivity index (χ2n) is 16.4. The summed E-state index contributed by atoms with van der Waals surface area (Å²) in [5, 5.41) is 112. The van der Waals surface area contributed by atoms with Gasteiger partial charge in [-0.25, -0.2) is 4.79 Å². The van der Waals surface area contributed by atoms with Crippen LogP contribution >= 0.6 is 0 Å². The Balaban J connectivity index is 1.31. The molecule has 0 aromatic heterocycles. The molecule has 1 unspecified atom stereocenters. The molecule has 0 saturated carbocycles. The van der Waals surface area contributed by atoms with E-state index in [4.69, 9.17) is 42.6 Å². The molecule has 3 aliphatic rings. The Morgan fingerprint density at radius 3 is 1.42 bits per heavy atom. The van der Waals surface area contributed by atoms with E-state index >= 15 is 0 Å². The fourth-order valence-corrected chi connectivity index (χ4v) is 7.25. The molecule has 3 aliphatic heterocycles. The summed E-state index contributed by atoms with van der Waals surface area (Å²) < 4.78 is 50.0. The van der Waals surface area contributed by atoms with Crippen LogP contribution in [0.25, 0.3) is 0 Å². The molecule has 5 rings (SSSR count). The summed E-state index contributed by atoms with van der Waals surface area (Å²) in [6.07, 6.45) is -25.3. The molecule has 11 N–H and O–H groups in total. The van der Waals surface area contributed by atoms with Crippen LogP contribution in [-0.4, -0.2) is 192 Å². The Morgan fingerprint density at radius 2 is 0.985 bits per heavy atom. The van der Waals surface area contributed by atoms with Crippen molar-refractivity contribution in [1.29, 1.82) is 0 Å². The van der Waals surface area contributed by atoms with Gasteiger partial charge in [0, 0.05) is 6.92 Å². The van der Waals surface area contributed by atoms with E-state index in [-0.39, 0.29) is 24.5 Å². The topological polar surface area (TPSA) is 357 Å². The number of carbonyl (C=O) groups excluding carboxylic acids is 3. The summed E-state index contributed by atoms with van der Waals surface area (Å²) in [7, 11) is 0. The Labute approximate surface area is 372 Å². The predicted octanol–water partition coefficient (Wildman–Crippen LogP) is -3.61. The number of aliphatic hydroxyl groups excluding tert-OH is 11. The molecule has 0 aliphatic carbocycles. The molecule has 23 nitrogen and oxygen atoms in total. The first-order valence-electron chi connectivity index (χ1n) is 20.7. The normalized spacial score (nSPS) is 33.7. The maximum Gasteiger partial charge on any atom is 0.339 e.